The van der Waals surface area contributed by atoms with Crippen LogP contribution in [0.25, 0.3) is 17.0 Å². The Labute approximate surface area is 183 Å². The predicted octanol–water partition coefficient (Wildman–Crippen LogP) is 4.34. The van der Waals surface area contributed by atoms with Crippen molar-refractivity contribution in [3.05, 3.63) is 75.5 Å². The smallest absolute Gasteiger partial charge is 0.274 e. The molecule has 0 saturated heterocycles. The molecule has 0 bridgehead atoms. The van der Waals surface area contributed by atoms with Crippen LogP contribution in [0.1, 0.15) is 27.5 Å². The summed E-state index contributed by atoms with van der Waals surface area (Å²) in [5, 5.41) is 1.00. The highest BCUT2D eigenvalue weighted by molar-refractivity contribution is 6.36. The molecule has 0 fully saturated rings. The van der Waals surface area contributed by atoms with Crippen LogP contribution in [-0.4, -0.2) is 32.2 Å². The summed E-state index contributed by atoms with van der Waals surface area (Å²) in [6, 6.07) is 8.84. The number of carbonyl (C=O) groups excluding carboxylic acids is 1. The van der Waals surface area contributed by atoms with Crippen LogP contribution in [0, 0.1) is 6.92 Å². The molecule has 0 saturated carbocycles. The number of rotatable bonds is 5. The Morgan fingerprint density at radius 2 is 2.07 bits per heavy atom. The minimum Gasteiger partial charge on any atom is -0.467 e. The molecule has 0 atom stereocenters. The Morgan fingerprint density at radius 3 is 2.73 bits per heavy atom. The van der Waals surface area contributed by atoms with Crippen LogP contribution in [0.5, 0.6) is 0 Å². The van der Waals surface area contributed by atoms with E-state index in [1.165, 1.54) is 4.90 Å². The zero-order valence-corrected chi connectivity index (χ0v) is 17.9. The summed E-state index contributed by atoms with van der Waals surface area (Å²) < 4.78 is 7.07. The highest BCUT2D eigenvalue weighted by Crippen LogP contribution is 2.34. The molecule has 2 N–H and O–H groups in total. The second-order valence-corrected chi connectivity index (χ2v) is 7.73. The number of imidazole rings is 1. The van der Waals surface area contributed by atoms with Crippen LogP contribution >= 0.6 is 23.2 Å². The van der Waals surface area contributed by atoms with Gasteiger partial charge in [-0.15, -0.1) is 0 Å². The van der Waals surface area contributed by atoms with Crippen molar-refractivity contribution in [3.8, 4) is 11.3 Å². The number of hydrogen-bond acceptors (Lipinski definition) is 5. The van der Waals surface area contributed by atoms with Gasteiger partial charge in [-0.25, -0.2) is 9.97 Å². The van der Waals surface area contributed by atoms with Gasteiger partial charge in [0.2, 0.25) is 5.78 Å². The Balaban J connectivity index is 1.83. The topological polar surface area (TPSA) is 89.7 Å². The largest absolute Gasteiger partial charge is 0.467 e. The standard InChI is InChI=1S/C21H19Cl2N5O2/c1-12-16(9-24)19(15-6-5-13(22)8-17(15)23)28-11-18(26-21(28)25-12)20(29)27(2)10-14-4-3-7-30-14/h3-8,11H,9-10,24H2,1-2H3. The van der Waals surface area contributed by atoms with E-state index in [0.717, 1.165) is 22.5 Å². The molecule has 3 aromatic heterocycles. The quantitative estimate of drug-likeness (QED) is 0.495. The summed E-state index contributed by atoms with van der Waals surface area (Å²) in [5.41, 5.74) is 9.29. The number of halogens is 2. The van der Waals surface area contributed by atoms with Gasteiger partial charge in [-0.1, -0.05) is 23.2 Å². The number of nitrogens with two attached hydrogens (primary N) is 1. The number of aryl methyl sites for hydroxylation is 1. The predicted molar refractivity (Wildman–Crippen MR) is 116 cm³/mol. The van der Waals surface area contributed by atoms with Gasteiger partial charge < -0.3 is 15.1 Å². The molecule has 4 rings (SSSR count). The van der Waals surface area contributed by atoms with E-state index >= 15 is 0 Å². The molecule has 0 aliphatic rings. The van der Waals surface area contributed by atoms with E-state index in [4.69, 9.17) is 33.4 Å². The zero-order chi connectivity index (χ0) is 21.4. The Bertz CT molecular complexity index is 1230. The fraction of sp³-hybridized carbons (Fsp3) is 0.190. The van der Waals surface area contributed by atoms with E-state index in [-0.39, 0.29) is 18.1 Å². The summed E-state index contributed by atoms with van der Waals surface area (Å²) >= 11 is 12.5. The molecular weight excluding hydrogens is 425 g/mol. The van der Waals surface area contributed by atoms with Crippen LogP contribution in [0.2, 0.25) is 10.0 Å². The van der Waals surface area contributed by atoms with Crippen molar-refractivity contribution in [2.24, 2.45) is 5.73 Å². The van der Waals surface area contributed by atoms with Crippen molar-refractivity contribution in [1.29, 1.82) is 0 Å². The molecule has 0 aliphatic heterocycles. The zero-order valence-electron chi connectivity index (χ0n) is 16.4. The lowest BCUT2D eigenvalue weighted by atomic mass is 10.0. The number of benzene rings is 1. The van der Waals surface area contributed by atoms with Crippen LogP contribution in [0.15, 0.2) is 47.2 Å². The summed E-state index contributed by atoms with van der Waals surface area (Å²) in [6.45, 7) is 2.44. The molecule has 7 nitrogen and oxygen atoms in total. The highest BCUT2D eigenvalue weighted by Gasteiger charge is 2.22. The molecule has 3 heterocycles. The van der Waals surface area contributed by atoms with Crippen LogP contribution < -0.4 is 5.73 Å². The molecular formula is C21H19Cl2N5O2. The van der Waals surface area contributed by atoms with E-state index in [2.05, 4.69) is 9.97 Å². The molecule has 0 radical (unpaired) electrons. The third-order valence-electron chi connectivity index (χ3n) is 4.85. The van der Waals surface area contributed by atoms with Gasteiger partial charge in [0.15, 0.2) is 0 Å². The van der Waals surface area contributed by atoms with Crippen molar-refractivity contribution >= 4 is 34.9 Å². The minimum atomic E-state index is -0.253. The summed E-state index contributed by atoms with van der Waals surface area (Å²) in [7, 11) is 1.69. The third kappa shape index (κ3) is 3.67. The molecule has 1 amide bonds. The fourth-order valence-electron chi connectivity index (χ4n) is 3.37. The lowest BCUT2D eigenvalue weighted by Crippen LogP contribution is -2.26. The number of nitrogens with zero attached hydrogens (tertiary/aromatic N) is 4. The second kappa shape index (κ2) is 8.10. The van der Waals surface area contributed by atoms with E-state index in [1.54, 1.807) is 42.1 Å². The van der Waals surface area contributed by atoms with Gasteiger partial charge in [-0.05, 0) is 37.3 Å². The van der Waals surface area contributed by atoms with Gasteiger partial charge in [0.1, 0.15) is 11.5 Å². The van der Waals surface area contributed by atoms with E-state index in [1.807, 2.05) is 19.1 Å². The second-order valence-electron chi connectivity index (χ2n) is 6.89. The van der Waals surface area contributed by atoms with Gasteiger partial charge >= 0.3 is 0 Å². The van der Waals surface area contributed by atoms with Gasteiger partial charge in [-0.3, -0.25) is 9.20 Å². The average molecular weight is 444 g/mol. The molecule has 0 spiro atoms. The van der Waals surface area contributed by atoms with E-state index < -0.39 is 0 Å². The molecule has 0 unspecified atom stereocenters. The number of aromatic nitrogens is 3. The minimum absolute atomic E-state index is 0.253. The van der Waals surface area contributed by atoms with Gasteiger partial charge in [-0.2, -0.15) is 0 Å². The highest BCUT2D eigenvalue weighted by atomic mass is 35.5. The number of carbonyl (C=O) groups is 1. The molecule has 1 aromatic carbocycles. The average Bonchev–Trinajstić information content (AvgIpc) is 3.36. The molecule has 30 heavy (non-hydrogen) atoms. The normalized spacial score (nSPS) is 11.2. The van der Waals surface area contributed by atoms with Crippen LogP contribution in [-0.2, 0) is 13.1 Å². The van der Waals surface area contributed by atoms with Crippen molar-refractivity contribution < 1.29 is 9.21 Å². The maximum Gasteiger partial charge on any atom is 0.274 e. The fourth-order valence-corrected chi connectivity index (χ4v) is 3.87. The number of hydrogen-bond donors (Lipinski definition) is 1. The molecule has 4 aromatic rings. The summed E-state index contributed by atoms with van der Waals surface area (Å²) in [6.07, 6.45) is 3.23. The lowest BCUT2D eigenvalue weighted by molar-refractivity contribution is 0.0770. The first-order valence-electron chi connectivity index (χ1n) is 9.21. The van der Waals surface area contributed by atoms with Crippen molar-refractivity contribution in [2.75, 3.05) is 7.05 Å². The number of furan rings is 1. The summed E-state index contributed by atoms with van der Waals surface area (Å²) in [4.78, 5) is 23.5. The Hall–Kier alpha value is -2.87. The first kappa shape index (κ1) is 20.4. The molecule has 0 aliphatic carbocycles. The first-order valence-corrected chi connectivity index (χ1v) is 9.96. The van der Waals surface area contributed by atoms with Crippen molar-refractivity contribution in [3.63, 3.8) is 0 Å². The van der Waals surface area contributed by atoms with Gasteiger partial charge in [0, 0.05) is 41.6 Å². The Kier molecular flexibility index (Phi) is 5.51. The van der Waals surface area contributed by atoms with Crippen molar-refractivity contribution in [1.82, 2.24) is 19.3 Å². The molecule has 154 valence electrons. The third-order valence-corrected chi connectivity index (χ3v) is 5.40. The molecule has 9 heteroatoms. The number of amides is 1. The maximum atomic E-state index is 13.0. The van der Waals surface area contributed by atoms with E-state index in [9.17, 15) is 4.79 Å². The lowest BCUT2D eigenvalue weighted by Gasteiger charge is -2.15. The number of fused-ring (bicyclic) bond motifs is 1. The van der Waals surface area contributed by atoms with Gasteiger partial charge in [0.05, 0.1) is 23.5 Å². The van der Waals surface area contributed by atoms with Crippen molar-refractivity contribution in [2.45, 2.75) is 20.0 Å². The van der Waals surface area contributed by atoms with Gasteiger partial charge in [0.25, 0.3) is 5.91 Å². The SMILES string of the molecule is Cc1nc2nc(C(=O)N(C)Cc3ccco3)cn2c(-c2ccc(Cl)cc2Cl)c1CN. The Morgan fingerprint density at radius 1 is 1.27 bits per heavy atom. The maximum absolute atomic E-state index is 13.0. The summed E-state index contributed by atoms with van der Waals surface area (Å²) in [5.74, 6) is 0.820. The first-order chi connectivity index (χ1) is 14.4. The van der Waals surface area contributed by atoms with Crippen LogP contribution in [0.3, 0.4) is 0 Å². The monoisotopic (exact) mass is 443 g/mol. The van der Waals surface area contributed by atoms with Crippen LogP contribution in [0.4, 0.5) is 0 Å². The van der Waals surface area contributed by atoms with E-state index in [0.29, 0.717) is 28.1 Å².